The van der Waals surface area contributed by atoms with Gasteiger partial charge in [-0.1, -0.05) is 6.92 Å². The Morgan fingerprint density at radius 2 is 2.17 bits per heavy atom. The van der Waals surface area contributed by atoms with Crippen LogP contribution < -0.4 is 0 Å². The average molecular weight is 274 g/mol. The Bertz CT molecular complexity index is 260. The van der Waals surface area contributed by atoms with Gasteiger partial charge in [-0.25, -0.2) is 0 Å². The molecule has 2 fully saturated rings. The second-order valence-corrected chi connectivity index (χ2v) is 6.95. The lowest BCUT2D eigenvalue weighted by Gasteiger charge is -2.47. The molecule has 3 nitrogen and oxygen atoms in total. The third-order valence-corrected chi connectivity index (χ3v) is 5.65. The van der Waals surface area contributed by atoms with Gasteiger partial charge in [0.05, 0.1) is 17.8 Å². The van der Waals surface area contributed by atoms with E-state index in [1.807, 2.05) is 11.8 Å². The van der Waals surface area contributed by atoms with E-state index < -0.39 is 5.60 Å². The normalized spacial score (nSPS) is 31.2. The highest BCUT2D eigenvalue weighted by molar-refractivity contribution is 7.99. The van der Waals surface area contributed by atoms with Crippen LogP contribution in [0, 0.1) is 5.92 Å². The molecular formula is C14H26O3S. The number of hydrogen-bond donors (Lipinski definition) is 1. The van der Waals surface area contributed by atoms with E-state index in [4.69, 9.17) is 9.47 Å². The van der Waals surface area contributed by atoms with E-state index >= 15 is 0 Å². The highest BCUT2D eigenvalue weighted by atomic mass is 32.2. The fraction of sp³-hybridized carbons (Fsp3) is 1.00. The highest BCUT2D eigenvalue weighted by Crippen LogP contribution is 2.43. The number of thioether (sulfide) groups is 1. The van der Waals surface area contributed by atoms with Crippen LogP contribution >= 0.6 is 11.8 Å². The predicted molar refractivity (Wildman–Crippen MR) is 75.1 cm³/mol. The molecule has 1 spiro atoms. The molecule has 2 heterocycles. The Balaban J connectivity index is 2.04. The molecule has 2 aliphatic rings. The first-order chi connectivity index (χ1) is 8.64. The molecule has 0 aliphatic carbocycles. The summed E-state index contributed by atoms with van der Waals surface area (Å²) < 4.78 is 11.3. The van der Waals surface area contributed by atoms with Crippen LogP contribution in [0.1, 0.15) is 39.0 Å². The standard InChI is InChI=1S/C14H26O3S/c1-3-14(15,11-16-2)12-4-7-17-13(10-12)5-8-18-9-6-13/h12,15H,3-11H2,1-2H3. The van der Waals surface area contributed by atoms with Gasteiger partial charge in [0.25, 0.3) is 0 Å². The van der Waals surface area contributed by atoms with Gasteiger partial charge < -0.3 is 14.6 Å². The summed E-state index contributed by atoms with van der Waals surface area (Å²) in [5.41, 5.74) is -0.624. The second-order valence-electron chi connectivity index (χ2n) is 5.72. The summed E-state index contributed by atoms with van der Waals surface area (Å²) in [5.74, 6) is 2.71. The summed E-state index contributed by atoms with van der Waals surface area (Å²) in [4.78, 5) is 0. The Kier molecular flexibility index (Phi) is 4.98. The molecule has 2 aliphatic heterocycles. The van der Waals surface area contributed by atoms with Crippen LogP contribution in [-0.4, -0.2) is 48.1 Å². The number of rotatable bonds is 4. The van der Waals surface area contributed by atoms with Crippen molar-refractivity contribution in [3.05, 3.63) is 0 Å². The van der Waals surface area contributed by atoms with Gasteiger partial charge in [-0.2, -0.15) is 11.8 Å². The molecule has 2 saturated heterocycles. The van der Waals surface area contributed by atoms with Crippen LogP contribution in [0.4, 0.5) is 0 Å². The minimum Gasteiger partial charge on any atom is -0.387 e. The van der Waals surface area contributed by atoms with Crippen LogP contribution in [0.3, 0.4) is 0 Å². The average Bonchev–Trinajstić information content (AvgIpc) is 2.40. The summed E-state index contributed by atoms with van der Waals surface area (Å²) >= 11 is 2.02. The van der Waals surface area contributed by atoms with Gasteiger partial charge in [-0.15, -0.1) is 0 Å². The van der Waals surface area contributed by atoms with Gasteiger partial charge in [-0.05, 0) is 49.5 Å². The predicted octanol–water partition coefficient (Wildman–Crippen LogP) is 2.47. The number of ether oxygens (including phenoxy) is 2. The van der Waals surface area contributed by atoms with Gasteiger partial charge in [0, 0.05) is 13.7 Å². The fourth-order valence-corrected chi connectivity index (χ4v) is 4.57. The zero-order valence-electron chi connectivity index (χ0n) is 11.6. The zero-order valence-corrected chi connectivity index (χ0v) is 12.4. The largest absolute Gasteiger partial charge is 0.387 e. The van der Waals surface area contributed by atoms with Crippen LogP contribution in [0.2, 0.25) is 0 Å². The summed E-state index contributed by atoms with van der Waals surface area (Å²) in [6, 6.07) is 0. The van der Waals surface area contributed by atoms with Crippen molar-refractivity contribution in [1.82, 2.24) is 0 Å². The van der Waals surface area contributed by atoms with Crippen LogP contribution in [0.25, 0.3) is 0 Å². The van der Waals surface area contributed by atoms with Crippen molar-refractivity contribution >= 4 is 11.8 Å². The van der Waals surface area contributed by atoms with Gasteiger partial charge in [0.1, 0.15) is 0 Å². The van der Waals surface area contributed by atoms with Crippen molar-refractivity contribution in [1.29, 1.82) is 0 Å². The van der Waals surface area contributed by atoms with Crippen LogP contribution in [-0.2, 0) is 9.47 Å². The first-order valence-electron chi connectivity index (χ1n) is 7.07. The molecule has 2 atom stereocenters. The van der Waals surface area contributed by atoms with Gasteiger partial charge in [0.2, 0.25) is 0 Å². The van der Waals surface area contributed by atoms with Crippen LogP contribution in [0.5, 0.6) is 0 Å². The lowest BCUT2D eigenvalue weighted by atomic mass is 9.73. The van der Waals surface area contributed by atoms with Crippen molar-refractivity contribution in [3.63, 3.8) is 0 Å². The SMILES string of the molecule is CCC(O)(COC)C1CCOC2(CCSCC2)C1. The van der Waals surface area contributed by atoms with E-state index in [1.54, 1.807) is 7.11 Å². The summed E-state index contributed by atoms with van der Waals surface area (Å²) in [6.45, 7) is 3.29. The topological polar surface area (TPSA) is 38.7 Å². The van der Waals surface area contributed by atoms with Crippen molar-refractivity contribution < 1.29 is 14.6 Å². The molecule has 0 saturated carbocycles. The molecule has 4 heteroatoms. The van der Waals surface area contributed by atoms with E-state index in [1.165, 1.54) is 11.5 Å². The maximum atomic E-state index is 10.8. The first kappa shape index (κ1) is 14.6. The third-order valence-electron chi connectivity index (χ3n) is 4.66. The monoisotopic (exact) mass is 274 g/mol. The Morgan fingerprint density at radius 1 is 1.44 bits per heavy atom. The number of hydrogen-bond acceptors (Lipinski definition) is 4. The molecule has 18 heavy (non-hydrogen) atoms. The molecule has 0 aromatic rings. The van der Waals surface area contributed by atoms with E-state index in [9.17, 15) is 5.11 Å². The lowest BCUT2D eigenvalue weighted by Crippen LogP contribution is -2.51. The lowest BCUT2D eigenvalue weighted by molar-refractivity contribution is -0.161. The molecule has 0 amide bonds. The Labute approximate surface area is 115 Å². The van der Waals surface area contributed by atoms with Crippen LogP contribution in [0.15, 0.2) is 0 Å². The van der Waals surface area contributed by atoms with Crippen molar-refractivity contribution in [2.45, 2.75) is 50.2 Å². The molecule has 2 unspecified atom stereocenters. The maximum Gasteiger partial charge on any atom is 0.0907 e. The van der Waals surface area contributed by atoms with E-state index in [0.717, 1.165) is 38.7 Å². The van der Waals surface area contributed by atoms with Crippen molar-refractivity contribution in [2.75, 3.05) is 31.8 Å². The summed E-state index contributed by atoms with van der Waals surface area (Å²) in [5, 5.41) is 10.8. The molecule has 2 rings (SSSR count). The maximum absolute atomic E-state index is 10.8. The first-order valence-corrected chi connectivity index (χ1v) is 8.23. The van der Waals surface area contributed by atoms with E-state index in [-0.39, 0.29) is 5.60 Å². The van der Waals surface area contributed by atoms with Gasteiger partial charge in [-0.3, -0.25) is 0 Å². The molecule has 106 valence electrons. The number of methoxy groups -OCH3 is 1. The fourth-order valence-electron chi connectivity index (χ4n) is 3.34. The van der Waals surface area contributed by atoms with Crippen molar-refractivity contribution in [2.24, 2.45) is 5.92 Å². The molecule has 0 aromatic carbocycles. The summed E-state index contributed by atoms with van der Waals surface area (Å²) in [6.07, 6.45) is 5.00. The third kappa shape index (κ3) is 3.03. The molecular weight excluding hydrogens is 248 g/mol. The number of aliphatic hydroxyl groups is 1. The zero-order chi connectivity index (χ0) is 13.1. The molecule has 0 bridgehead atoms. The minimum atomic E-state index is -0.671. The Morgan fingerprint density at radius 3 is 2.78 bits per heavy atom. The quantitative estimate of drug-likeness (QED) is 0.855. The van der Waals surface area contributed by atoms with E-state index in [2.05, 4.69) is 6.92 Å². The second kappa shape index (κ2) is 6.12. The van der Waals surface area contributed by atoms with Gasteiger partial charge in [0.15, 0.2) is 0 Å². The molecule has 1 N–H and O–H groups in total. The summed E-state index contributed by atoms with van der Waals surface area (Å²) in [7, 11) is 1.67. The minimum absolute atomic E-state index is 0.0467. The smallest absolute Gasteiger partial charge is 0.0907 e. The Hall–Kier alpha value is 0.230. The van der Waals surface area contributed by atoms with Gasteiger partial charge >= 0.3 is 0 Å². The molecule has 0 radical (unpaired) electrons. The molecule has 0 aromatic heterocycles. The highest BCUT2D eigenvalue weighted by Gasteiger charge is 2.45. The van der Waals surface area contributed by atoms with E-state index in [0.29, 0.717) is 12.5 Å². The van der Waals surface area contributed by atoms with Crippen molar-refractivity contribution in [3.8, 4) is 0 Å².